The van der Waals surface area contributed by atoms with E-state index in [1.807, 2.05) is 38.3 Å². The number of ether oxygens (including phenoxy) is 1. The topological polar surface area (TPSA) is 37.9 Å². The molecule has 0 fully saturated rings. The molecule has 26 heavy (non-hydrogen) atoms. The highest BCUT2D eigenvalue weighted by atomic mass is 16.5. The Morgan fingerprint density at radius 1 is 1.15 bits per heavy atom. The average Bonchev–Trinajstić information content (AvgIpc) is 3.16. The first-order valence-corrected chi connectivity index (χ1v) is 9.29. The number of allylic oxidation sites excluding steroid dienone is 4. The van der Waals surface area contributed by atoms with Crippen LogP contribution in [0.1, 0.15) is 50.7 Å². The molecule has 0 aliphatic rings. The molecule has 0 bridgehead atoms. The normalized spacial score (nSPS) is 10.7. The lowest BCUT2D eigenvalue weighted by Crippen LogP contribution is -1.92. The lowest BCUT2D eigenvalue weighted by molar-refractivity contribution is 0.414. The van der Waals surface area contributed by atoms with Crippen LogP contribution >= 0.6 is 0 Å². The van der Waals surface area contributed by atoms with E-state index in [4.69, 9.17) is 4.74 Å². The largest absolute Gasteiger partial charge is 0.497 e. The minimum Gasteiger partial charge on any atom is -0.497 e. The first-order valence-electron chi connectivity index (χ1n) is 9.29. The highest BCUT2D eigenvalue weighted by molar-refractivity contribution is 5.64. The number of hydrogen-bond donors (Lipinski definition) is 1. The molecule has 3 heteroatoms. The Labute approximate surface area is 158 Å². The van der Waals surface area contributed by atoms with Gasteiger partial charge in [0.05, 0.1) is 19.0 Å². The maximum Gasteiger partial charge on any atom is 0.118 e. The van der Waals surface area contributed by atoms with Crippen LogP contribution in [-0.4, -0.2) is 17.1 Å². The predicted molar refractivity (Wildman–Crippen MR) is 113 cm³/mol. The van der Waals surface area contributed by atoms with E-state index in [2.05, 4.69) is 42.2 Å². The number of H-pyrrole nitrogens is 1. The molecule has 1 N–H and O–H groups in total. The molecule has 0 saturated carbocycles. The van der Waals surface area contributed by atoms with Gasteiger partial charge in [0, 0.05) is 6.42 Å². The maximum atomic E-state index is 5.18. The van der Waals surface area contributed by atoms with Gasteiger partial charge in [0.25, 0.3) is 0 Å². The second kappa shape index (κ2) is 11.9. The maximum absolute atomic E-state index is 5.18. The molecular formula is C23H32N2O. The van der Waals surface area contributed by atoms with E-state index >= 15 is 0 Å². The van der Waals surface area contributed by atoms with Crippen molar-refractivity contribution in [2.75, 3.05) is 7.11 Å². The standard InChI is InChI=1S/C21H26N2O.C2H6/c1-5-16(2)14-17(3)20-15-22-21(23-20)9-7-6-8-18-10-12-19(24-4)13-11-18;1-2/h5,10-15H,1-2,6-9H2,3-4H3,(H,22,23);1-2H3/b17-14+;. The Morgan fingerprint density at radius 3 is 2.42 bits per heavy atom. The number of nitrogens with zero attached hydrogens (tertiary/aromatic N) is 1. The van der Waals surface area contributed by atoms with Crippen molar-refractivity contribution >= 4 is 5.57 Å². The van der Waals surface area contributed by atoms with Crippen LogP contribution in [0.3, 0.4) is 0 Å². The van der Waals surface area contributed by atoms with E-state index in [0.29, 0.717) is 0 Å². The van der Waals surface area contributed by atoms with Gasteiger partial charge in [0.2, 0.25) is 0 Å². The minimum absolute atomic E-state index is 0.906. The van der Waals surface area contributed by atoms with Crippen molar-refractivity contribution in [3.05, 3.63) is 78.4 Å². The molecule has 2 rings (SSSR count). The molecule has 1 aromatic carbocycles. The van der Waals surface area contributed by atoms with Crippen LogP contribution < -0.4 is 4.74 Å². The molecule has 3 nitrogen and oxygen atoms in total. The van der Waals surface area contributed by atoms with Crippen LogP contribution in [0.25, 0.3) is 5.57 Å². The number of aryl methyl sites for hydroxylation is 2. The number of benzene rings is 1. The summed E-state index contributed by atoms with van der Waals surface area (Å²) >= 11 is 0. The molecule has 0 radical (unpaired) electrons. The summed E-state index contributed by atoms with van der Waals surface area (Å²) in [5.74, 6) is 1.95. The number of hydrogen-bond acceptors (Lipinski definition) is 2. The third-order valence-corrected chi connectivity index (χ3v) is 4.01. The van der Waals surface area contributed by atoms with Gasteiger partial charge in [0.15, 0.2) is 0 Å². The van der Waals surface area contributed by atoms with E-state index in [9.17, 15) is 0 Å². The molecule has 0 aliphatic heterocycles. The van der Waals surface area contributed by atoms with Gasteiger partial charge in [-0.05, 0) is 55.0 Å². The second-order valence-corrected chi connectivity index (χ2v) is 5.91. The number of imidazole rings is 1. The summed E-state index contributed by atoms with van der Waals surface area (Å²) in [6, 6.07) is 8.29. The monoisotopic (exact) mass is 352 g/mol. The van der Waals surface area contributed by atoms with Crippen LogP contribution in [-0.2, 0) is 12.8 Å². The zero-order valence-electron chi connectivity index (χ0n) is 16.6. The van der Waals surface area contributed by atoms with Gasteiger partial charge in [-0.25, -0.2) is 4.98 Å². The summed E-state index contributed by atoms with van der Waals surface area (Å²) in [7, 11) is 1.69. The Kier molecular flexibility index (Phi) is 9.85. The number of aromatic amines is 1. The number of unbranched alkanes of at least 4 members (excludes halogenated alkanes) is 1. The van der Waals surface area contributed by atoms with E-state index in [0.717, 1.165) is 54.1 Å². The Morgan fingerprint density at radius 2 is 1.81 bits per heavy atom. The Balaban J connectivity index is 0.00000163. The number of methoxy groups -OCH3 is 1. The van der Waals surface area contributed by atoms with Crippen LogP contribution in [0.4, 0.5) is 0 Å². The predicted octanol–water partition coefficient (Wildman–Crippen LogP) is 6.16. The van der Waals surface area contributed by atoms with Crippen molar-refractivity contribution in [3.63, 3.8) is 0 Å². The zero-order chi connectivity index (χ0) is 19.4. The summed E-state index contributed by atoms with van der Waals surface area (Å²) in [6.45, 7) is 13.7. The third kappa shape index (κ3) is 7.14. The van der Waals surface area contributed by atoms with Gasteiger partial charge in [-0.3, -0.25) is 0 Å². The van der Waals surface area contributed by atoms with Crippen molar-refractivity contribution in [1.82, 2.24) is 9.97 Å². The van der Waals surface area contributed by atoms with Gasteiger partial charge in [0.1, 0.15) is 11.6 Å². The molecule has 2 aromatic rings. The highest BCUT2D eigenvalue weighted by Crippen LogP contribution is 2.16. The van der Waals surface area contributed by atoms with Gasteiger partial charge in [-0.2, -0.15) is 0 Å². The van der Waals surface area contributed by atoms with Gasteiger partial charge < -0.3 is 9.72 Å². The molecule has 0 aliphatic carbocycles. The van der Waals surface area contributed by atoms with Crippen LogP contribution in [0.5, 0.6) is 5.75 Å². The average molecular weight is 353 g/mol. The quantitative estimate of drug-likeness (QED) is 0.434. The highest BCUT2D eigenvalue weighted by Gasteiger charge is 2.03. The van der Waals surface area contributed by atoms with Crippen molar-refractivity contribution in [1.29, 1.82) is 0 Å². The number of rotatable bonds is 9. The summed E-state index contributed by atoms with van der Waals surface area (Å²) < 4.78 is 5.18. The summed E-state index contributed by atoms with van der Waals surface area (Å²) in [4.78, 5) is 7.85. The fraction of sp³-hybridized carbons (Fsp3) is 0.348. The van der Waals surface area contributed by atoms with Gasteiger partial charge in [-0.1, -0.05) is 51.3 Å². The van der Waals surface area contributed by atoms with Crippen LogP contribution in [0.2, 0.25) is 0 Å². The van der Waals surface area contributed by atoms with E-state index < -0.39 is 0 Å². The number of nitrogens with one attached hydrogen (secondary N) is 1. The molecule has 0 unspecified atom stereocenters. The Hall–Kier alpha value is -2.55. The minimum atomic E-state index is 0.906. The summed E-state index contributed by atoms with van der Waals surface area (Å²) in [5.41, 5.74) is 4.42. The van der Waals surface area contributed by atoms with Crippen molar-refractivity contribution < 1.29 is 4.74 Å². The van der Waals surface area contributed by atoms with E-state index in [1.165, 1.54) is 5.56 Å². The SMILES string of the molecule is C=CC(=C)/C=C(\C)c1cnc(CCCCc2ccc(OC)cc2)[nH]1.CC. The number of aromatic nitrogens is 2. The molecule has 0 amide bonds. The molecule has 1 aromatic heterocycles. The molecule has 1 heterocycles. The second-order valence-electron chi connectivity index (χ2n) is 5.91. The van der Waals surface area contributed by atoms with Crippen LogP contribution in [0, 0.1) is 0 Å². The molecular weight excluding hydrogens is 320 g/mol. The lowest BCUT2D eigenvalue weighted by atomic mass is 10.1. The fourth-order valence-electron chi connectivity index (χ4n) is 2.52. The molecule has 140 valence electrons. The summed E-state index contributed by atoms with van der Waals surface area (Å²) in [5, 5.41) is 0. The van der Waals surface area contributed by atoms with Crippen LogP contribution in [0.15, 0.2) is 61.3 Å². The molecule has 0 atom stereocenters. The van der Waals surface area contributed by atoms with E-state index in [-0.39, 0.29) is 0 Å². The van der Waals surface area contributed by atoms with Gasteiger partial charge in [-0.15, -0.1) is 0 Å². The zero-order valence-corrected chi connectivity index (χ0v) is 16.6. The third-order valence-electron chi connectivity index (χ3n) is 4.01. The van der Waals surface area contributed by atoms with Crippen molar-refractivity contribution in [3.8, 4) is 5.75 Å². The summed E-state index contributed by atoms with van der Waals surface area (Å²) in [6.07, 6.45) is 9.95. The van der Waals surface area contributed by atoms with E-state index in [1.54, 1.807) is 13.2 Å². The van der Waals surface area contributed by atoms with Crippen molar-refractivity contribution in [2.24, 2.45) is 0 Å². The lowest BCUT2D eigenvalue weighted by Gasteiger charge is -2.03. The fourth-order valence-corrected chi connectivity index (χ4v) is 2.52. The smallest absolute Gasteiger partial charge is 0.118 e. The Bertz CT molecular complexity index is 708. The van der Waals surface area contributed by atoms with Gasteiger partial charge >= 0.3 is 0 Å². The van der Waals surface area contributed by atoms with Crippen molar-refractivity contribution in [2.45, 2.75) is 46.5 Å². The molecule has 0 saturated heterocycles. The molecule has 0 spiro atoms. The first kappa shape index (κ1) is 21.5. The first-order chi connectivity index (χ1) is 12.6.